The summed E-state index contributed by atoms with van der Waals surface area (Å²) in [6.07, 6.45) is 0.760. The zero-order valence-corrected chi connectivity index (χ0v) is 18.3. The highest BCUT2D eigenvalue weighted by molar-refractivity contribution is 5.68. The van der Waals surface area contributed by atoms with Crippen molar-refractivity contribution in [3.8, 4) is 23.0 Å². The lowest BCUT2D eigenvalue weighted by atomic mass is 9.93. The van der Waals surface area contributed by atoms with Gasteiger partial charge in [0.25, 0.3) is 0 Å². The fraction of sp³-hybridized carbons (Fsp3) is 0.269. The highest BCUT2D eigenvalue weighted by atomic mass is 16.5. The molecule has 0 aliphatic heterocycles. The van der Waals surface area contributed by atoms with E-state index < -0.39 is 12.6 Å². The van der Waals surface area contributed by atoms with E-state index in [9.17, 15) is 9.90 Å². The maximum atomic E-state index is 10.8. The minimum Gasteiger partial charge on any atom is -0.508 e. The van der Waals surface area contributed by atoms with Crippen LogP contribution in [0.5, 0.6) is 23.0 Å². The second-order valence-corrected chi connectivity index (χ2v) is 7.99. The molecule has 0 unspecified atom stereocenters. The molecule has 5 heteroatoms. The summed E-state index contributed by atoms with van der Waals surface area (Å²) in [5, 5.41) is 19.0. The van der Waals surface area contributed by atoms with Gasteiger partial charge in [-0.25, -0.2) is 4.79 Å². The van der Waals surface area contributed by atoms with E-state index in [1.165, 1.54) is 5.56 Å². The lowest BCUT2D eigenvalue weighted by Crippen LogP contribution is -2.09. The van der Waals surface area contributed by atoms with E-state index in [-0.39, 0.29) is 5.92 Å². The summed E-state index contributed by atoms with van der Waals surface area (Å²) in [4.78, 5) is 10.8. The van der Waals surface area contributed by atoms with Crippen molar-refractivity contribution in [2.75, 3.05) is 6.61 Å². The van der Waals surface area contributed by atoms with Gasteiger partial charge in [0.15, 0.2) is 18.1 Å². The Morgan fingerprint density at radius 3 is 2.23 bits per heavy atom. The van der Waals surface area contributed by atoms with Crippen LogP contribution in [-0.4, -0.2) is 22.8 Å². The monoisotopic (exact) mass is 420 g/mol. The zero-order chi connectivity index (χ0) is 22.5. The van der Waals surface area contributed by atoms with E-state index in [1.54, 1.807) is 24.3 Å². The van der Waals surface area contributed by atoms with Crippen molar-refractivity contribution in [2.45, 2.75) is 40.0 Å². The molecule has 0 aliphatic carbocycles. The van der Waals surface area contributed by atoms with Gasteiger partial charge in [0.05, 0.1) is 0 Å². The molecule has 0 aromatic heterocycles. The molecule has 0 aliphatic rings. The molecule has 0 spiro atoms. The van der Waals surface area contributed by atoms with Gasteiger partial charge in [0, 0.05) is 0 Å². The second-order valence-electron chi connectivity index (χ2n) is 7.99. The summed E-state index contributed by atoms with van der Waals surface area (Å²) in [6, 6.07) is 16.8. The van der Waals surface area contributed by atoms with E-state index in [4.69, 9.17) is 14.6 Å². The van der Waals surface area contributed by atoms with Crippen LogP contribution < -0.4 is 9.47 Å². The van der Waals surface area contributed by atoms with Gasteiger partial charge < -0.3 is 19.7 Å². The maximum Gasteiger partial charge on any atom is 0.341 e. The summed E-state index contributed by atoms with van der Waals surface area (Å²) in [5.41, 5.74) is 5.50. The highest BCUT2D eigenvalue weighted by Gasteiger charge is 2.13. The van der Waals surface area contributed by atoms with Crippen LogP contribution in [0, 0.1) is 13.8 Å². The van der Waals surface area contributed by atoms with Gasteiger partial charge >= 0.3 is 5.97 Å². The number of aliphatic carboxylic acids is 1. The molecule has 0 amide bonds. The first-order valence-electron chi connectivity index (χ1n) is 10.3. The molecule has 3 aromatic rings. The Kier molecular flexibility index (Phi) is 6.85. The highest BCUT2D eigenvalue weighted by Crippen LogP contribution is 2.34. The fourth-order valence-corrected chi connectivity index (χ4v) is 3.59. The quantitative estimate of drug-likeness (QED) is 0.469. The predicted octanol–water partition coefficient (Wildman–Crippen LogP) is 5.98. The first-order chi connectivity index (χ1) is 14.7. The molecule has 5 nitrogen and oxygen atoms in total. The third kappa shape index (κ3) is 5.57. The average molecular weight is 421 g/mol. The predicted molar refractivity (Wildman–Crippen MR) is 121 cm³/mol. The number of rotatable bonds is 8. The number of carboxylic acids is 1. The van der Waals surface area contributed by atoms with Gasteiger partial charge in [-0.05, 0) is 84.3 Å². The molecule has 2 N–H and O–H groups in total. The SMILES string of the molecule is Cc1cc(Oc2ccccc2OCC(=O)O)cc(C)c1Cc1ccc(O)c(C(C)C)c1. The van der Waals surface area contributed by atoms with Crippen LogP contribution in [0.3, 0.4) is 0 Å². The van der Waals surface area contributed by atoms with Crippen molar-refractivity contribution in [3.63, 3.8) is 0 Å². The lowest BCUT2D eigenvalue weighted by Gasteiger charge is -2.16. The van der Waals surface area contributed by atoms with Crippen LogP contribution in [0.1, 0.15) is 47.6 Å². The normalized spacial score (nSPS) is 10.9. The average Bonchev–Trinajstić information content (AvgIpc) is 2.71. The molecule has 3 rings (SSSR count). The minimum absolute atomic E-state index is 0.251. The molecule has 0 bridgehead atoms. The number of carboxylic acid groups (broad SMARTS) is 1. The summed E-state index contributed by atoms with van der Waals surface area (Å²) >= 11 is 0. The van der Waals surface area contributed by atoms with Gasteiger partial charge in [0.1, 0.15) is 11.5 Å². The molecule has 0 saturated heterocycles. The van der Waals surface area contributed by atoms with Crippen molar-refractivity contribution in [2.24, 2.45) is 0 Å². The summed E-state index contributed by atoms with van der Waals surface area (Å²) in [7, 11) is 0. The summed E-state index contributed by atoms with van der Waals surface area (Å²) in [6.45, 7) is 7.80. The molecule has 0 atom stereocenters. The second kappa shape index (κ2) is 9.56. The first-order valence-corrected chi connectivity index (χ1v) is 10.3. The van der Waals surface area contributed by atoms with Gasteiger partial charge in [0.2, 0.25) is 0 Å². The zero-order valence-electron chi connectivity index (χ0n) is 18.3. The molecule has 0 saturated carbocycles. The van der Waals surface area contributed by atoms with Crippen LogP contribution in [0.4, 0.5) is 0 Å². The number of aryl methyl sites for hydroxylation is 2. The Bertz CT molecular complexity index is 1060. The number of hydrogen-bond acceptors (Lipinski definition) is 4. The Hall–Kier alpha value is -3.47. The lowest BCUT2D eigenvalue weighted by molar-refractivity contribution is -0.139. The Balaban J connectivity index is 1.84. The van der Waals surface area contributed by atoms with Crippen LogP contribution in [0.2, 0.25) is 0 Å². The summed E-state index contributed by atoms with van der Waals surface area (Å²) in [5.74, 6) is 1.06. The molecular weight excluding hydrogens is 392 g/mol. The van der Waals surface area contributed by atoms with E-state index in [2.05, 4.69) is 19.9 Å². The molecule has 0 heterocycles. The number of phenols is 1. The molecule has 0 radical (unpaired) electrons. The van der Waals surface area contributed by atoms with E-state index in [1.807, 2.05) is 38.1 Å². The summed E-state index contributed by atoms with van der Waals surface area (Å²) < 4.78 is 11.4. The number of carbonyl (C=O) groups is 1. The van der Waals surface area contributed by atoms with Crippen LogP contribution >= 0.6 is 0 Å². The van der Waals surface area contributed by atoms with E-state index >= 15 is 0 Å². The molecule has 0 fully saturated rings. The number of hydrogen-bond donors (Lipinski definition) is 2. The standard InChI is InChI=1S/C26H28O5/c1-16(2)21-13-19(9-10-23(21)27)14-22-17(3)11-20(12-18(22)4)31-25-8-6-5-7-24(25)30-15-26(28)29/h5-13,16,27H,14-15H2,1-4H3,(H,28,29). The number of benzene rings is 3. The number of aromatic hydroxyl groups is 1. The third-order valence-electron chi connectivity index (χ3n) is 5.19. The molecule has 31 heavy (non-hydrogen) atoms. The first kappa shape index (κ1) is 22.2. The van der Waals surface area contributed by atoms with Crippen molar-refractivity contribution in [3.05, 3.63) is 82.4 Å². The Morgan fingerprint density at radius 1 is 0.968 bits per heavy atom. The topological polar surface area (TPSA) is 76.0 Å². The van der Waals surface area contributed by atoms with Crippen LogP contribution in [-0.2, 0) is 11.2 Å². The van der Waals surface area contributed by atoms with Crippen molar-refractivity contribution < 1.29 is 24.5 Å². The van der Waals surface area contributed by atoms with Crippen LogP contribution in [0.15, 0.2) is 54.6 Å². The molecule has 162 valence electrons. The Morgan fingerprint density at radius 2 is 1.61 bits per heavy atom. The van der Waals surface area contributed by atoms with E-state index in [0.717, 1.165) is 28.7 Å². The smallest absolute Gasteiger partial charge is 0.341 e. The van der Waals surface area contributed by atoms with Gasteiger partial charge in [-0.1, -0.05) is 38.1 Å². The minimum atomic E-state index is -1.04. The largest absolute Gasteiger partial charge is 0.508 e. The van der Waals surface area contributed by atoms with Crippen LogP contribution in [0.25, 0.3) is 0 Å². The number of phenolic OH excluding ortho intramolecular Hbond substituents is 1. The van der Waals surface area contributed by atoms with Crippen molar-refractivity contribution in [1.29, 1.82) is 0 Å². The third-order valence-corrected chi connectivity index (χ3v) is 5.19. The van der Waals surface area contributed by atoms with Gasteiger partial charge in [-0.3, -0.25) is 0 Å². The number of para-hydroxylation sites is 2. The van der Waals surface area contributed by atoms with Crippen molar-refractivity contribution >= 4 is 5.97 Å². The number of ether oxygens (including phenoxy) is 2. The van der Waals surface area contributed by atoms with Gasteiger partial charge in [-0.15, -0.1) is 0 Å². The maximum absolute atomic E-state index is 10.8. The molecule has 3 aromatic carbocycles. The fourth-order valence-electron chi connectivity index (χ4n) is 3.59. The molecular formula is C26H28O5. The van der Waals surface area contributed by atoms with Crippen molar-refractivity contribution in [1.82, 2.24) is 0 Å². The van der Waals surface area contributed by atoms with Gasteiger partial charge in [-0.2, -0.15) is 0 Å². The Labute approximate surface area is 182 Å². The van der Waals surface area contributed by atoms with E-state index in [0.29, 0.717) is 23.0 Å².